The van der Waals surface area contributed by atoms with Gasteiger partial charge in [0.05, 0.1) is 0 Å². The molecule has 0 aliphatic carbocycles. The Morgan fingerprint density at radius 1 is 0.944 bits per heavy atom. The van der Waals surface area contributed by atoms with E-state index >= 15 is 0 Å². The van der Waals surface area contributed by atoms with Gasteiger partial charge in [0.1, 0.15) is 5.75 Å². The Morgan fingerprint density at radius 3 is 2.33 bits per heavy atom. The van der Waals surface area contributed by atoms with E-state index in [9.17, 15) is 5.11 Å². The van der Waals surface area contributed by atoms with Gasteiger partial charge < -0.3 is 9.84 Å². The molecule has 0 spiro atoms. The number of para-hydroxylation sites is 3. The van der Waals surface area contributed by atoms with Crippen LogP contribution in [0.2, 0.25) is 0 Å². The molecule has 2 heteroatoms. The van der Waals surface area contributed by atoms with Gasteiger partial charge in [0.15, 0.2) is 11.5 Å². The standard InChI is InChI=1S/C16H18O2/c1-2-3-8-13-9-4-6-11-15(13)18-16-12-7-5-10-14(16)17/h4-7,9-12,17H,2-3,8H2,1H3. The molecule has 0 heterocycles. The van der Waals surface area contributed by atoms with Crippen molar-refractivity contribution < 1.29 is 9.84 Å². The van der Waals surface area contributed by atoms with Gasteiger partial charge in [-0.1, -0.05) is 43.7 Å². The summed E-state index contributed by atoms with van der Waals surface area (Å²) in [6.07, 6.45) is 3.30. The number of unbranched alkanes of at least 4 members (excludes halogenated alkanes) is 1. The third-order valence-corrected chi connectivity index (χ3v) is 2.86. The number of aryl methyl sites for hydroxylation is 1. The van der Waals surface area contributed by atoms with Crippen molar-refractivity contribution in [2.45, 2.75) is 26.2 Å². The fourth-order valence-electron chi connectivity index (χ4n) is 1.84. The van der Waals surface area contributed by atoms with E-state index in [4.69, 9.17) is 4.74 Å². The first-order valence-corrected chi connectivity index (χ1v) is 6.35. The Hall–Kier alpha value is -1.96. The van der Waals surface area contributed by atoms with Gasteiger partial charge >= 0.3 is 0 Å². The van der Waals surface area contributed by atoms with Crippen LogP contribution in [0.4, 0.5) is 0 Å². The molecule has 1 N–H and O–H groups in total. The molecule has 0 bridgehead atoms. The fourth-order valence-corrected chi connectivity index (χ4v) is 1.84. The maximum Gasteiger partial charge on any atom is 0.169 e. The maximum atomic E-state index is 9.71. The molecule has 0 aromatic heterocycles. The van der Waals surface area contributed by atoms with Crippen LogP contribution in [0.15, 0.2) is 48.5 Å². The van der Waals surface area contributed by atoms with Crippen LogP contribution in [-0.4, -0.2) is 5.11 Å². The zero-order valence-corrected chi connectivity index (χ0v) is 10.6. The largest absolute Gasteiger partial charge is 0.504 e. The summed E-state index contributed by atoms with van der Waals surface area (Å²) in [6, 6.07) is 15.0. The minimum absolute atomic E-state index is 0.169. The molecule has 94 valence electrons. The summed E-state index contributed by atoms with van der Waals surface area (Å²) in [5, 5.41) is 9.71. The molecule has 0 unspecified atom stereocenters. The lowest BCUT2D eigenvalue weighted by molar-refractivity contribution is 0.408. The van der Waals surface area contributed by atoms with Gasteiger partial charge in [0.25, 0.3) is 0 Å². The third kappa shape index (κ3) is 3.04. The summed E-state index contributed by atoms with van der Waals surface area (Å²) in [5.74, 6) is 1.50. The summed E-state index contributed by atoms with van der Waals surface area (Å²) >= 11 is 0. The van der Waals surface area contributed by atoms with Crippen molar-refractivity contribution in [2.24, 2.45) is 0 Å². The van der Waals surface area contributed by atoms with Gasteiger partial charge in [-0.25, -0.2) is 0 Å². The lowest BCUT2D eigenvalue weighted by atomic mass is 10.1. The molecule has 2 rings (SSSR count). The second-order valence-corrected chi connectivity index (χ2v) is 4.28. The molecule has 0 radical (unpaired) electrons. The monoisotopic (exact) mass is 242 g/mol. The molecule has 0 aliphatic heterocycles. The van der Waals surface area contributed by atoms with E-state index in [2.05, 4.69) is 13.0 Å². The number of phenolic OH excluding ortho intramolecular Hbond substituents is 1. The molecule has 0 saturated carbocycles. The molecular formula is C16H18O2. The maximum absolute atomic E-state index is 9.71. The highest BCUT2D eigenvalue weighted by Gasteiger charge is 2.06. The first kappa shape index (κ1) is 12.5. The van der Waals surface area contributed by atoms with E-state index in [1.165, 1.54) is 5.56 Å². The Bertz CT molecular complexity index is 506. The predicted molar refractivity (Wildman–Crippen MR) is 73.2 cm³/mol. The van der Waals surface area contributed by atoms with Crippen molar-refractivity contribution >= 4 is 0 Å². The second kappa shape index (κ2) is 6.10. The minimum Gasteiger partial charge on any atom is -0.504 e. The average molecular weight is 242 g/mol. The molecule has 2 aromatic rings. The van der Waals surface area contributed by atoms with Crippen LogP contribution >= 0.6 is 0 Å². The number of aromatic hydroxyl groups is 1. The average Bonchev–Trinajstić information content (AvgIpc) is 2.40. The molecule has 0 saturated heterocycles. The molecule has 0 amide bonds. The molecule has 0 fully saturated rings. The molecule has 2 aromatic carbocycles. The Labute approximate surface area is 108 Å². The zero-order valence-electron chi connectivity index (χ0n) is 10.6. The van der Waals surface area contributed by atoms with Crippen molar-refractivity contribution in [2.75, 3.05) is 0 Å². The number of hydrogen-bond donors (Lipinski definition) is 1. The summed E-state index contributed by atoms with van der Waals surface area (Å²) < 4.78 is 5.79. The molecule has 2 nitrogen and oxygen atoms in total. The van der Waals surface area contributed by atoms with Crippen molar-refractivity contribution in [3.05, 3.63) is 54.1 Å². The Kier molecular flexibility index (Phi) is 4.24. The second-order valence-electron chi connectivity index (χ2n) is 4.28. The van der Waals surface area contributed by atoms with Crippen LogP contribution in [0, 0.1) is 0 Å². The normalized spacial score (nSPS) is 10.3. The third-order valence-electron chi connectivity index (χ3n) is 2.86. The topological polar surface area (TPSA) is 29.5 Å². The van der Waals surface area contributed by atoms with Gasteiger partial charge in [-0.3, -0.25) is 0 Å². The lowest BCUT2D eigenvalue weighted by Gasteiger charge is -2.11. The zero-order chi connectivity index (χ0) is 12.8. The minimum atomic E-state index is 0.169. The van der Waals surface area contributed by atoms with Crippen LogP contribution < -0.4 is 4.74 Å². The van der Waals surface area contributed by atoms with Crippen LogP contribution in [0.5, 0.6) is 17.2 Å². The Balaban J connectivity index is 2.21. The quantitative estimate of drug-likeness (QED) is 0.834. The summed E-state index contributed by atoms with van der Waals surface area (Å²) in [5.41, 5.74) is 1.18. The summed E-state index contributed by atoms with van der Waals surface area (Å²) in [6.45, 7) is 2.17. The van der Waals surface area contributed by atoms with Gasteiger partial charge in [-0.15, -0.1) is 0 Å². The van der Waals surface area contributed by atoms with Crippen LogP contribution in [0.3, 0.4) is 0 Å². The smallest absolute Gasteiger partial charge is 0.169 e. The first-order valence-electron chi connectivity index (χ1n) is 6.35. The van der Waals surface area contributed by atoms with Gasteiger partial charge in [0, 0.05) is 0 Å². The van der Waals surface area contributed by atoms with Gasteiger partial charge in [0.2, 0.25) is 0 Å². The number of hydrogen-bond acceptors (Lipinski definition) is 2. The van der Waals surface area contributed by atoms with E-state index in [-0.39, 0.29) is 5.75 Å². The molecular weight excluding hydrogens is 224 g/mol. The van der Waals surface area contributed by atoms with Crippen molar-refractivity contribution in [3.8, 4) is 17.2 Å². The van der Waals surface area contributed by atoms with E-state index in [0.717, 1.165) is 25.0 Å². The highest BCUT2D eigenvalue weighted by molar-refractivity contribution is 5.44. The van der Waals surface area contributed by atoms with Crippen molar-refractivity contribution in [1.82, 2.24) is 0 Å². The SMILES string of the molecule is CCCCc1ccccc1Oc1ccccc1O. The number of ether oxygens (including phenoxy) is 1. The van der Waals surface area contributed by atoms with Crippen LogP contribution in [0.1, 0.15) is 25.3 Å². The molecule has 18 heavy (non-hydrogen) atoms. The molecule has 0 aliphatic rings. The Morgan fingerprint density at radius 2 is 1.61 bits per heavy atom. The fraction of sp³-hybridized carbons (Fsp3) is 0.250. The number of phenols is 1. The van der Waals surface area contributed by atoms with E-state index in [1.54, 1.807) is 18.2 Å². The van der Waals surface area contributed by atoms with Crippen LogP contribution in [-0.2, 0) is 6.42 Å². The first-order chi connectivity index (χ1) is 8.81. The summed E-state index contributed by atoms with van der Waals surface area (Å²) in [4.78, 5) is 0. The van der Waals surface area contributed by atoms with Gasteiger partial charge in [-0.05, 0) is 36.6 Å². The predicted octanol–water partition coefficient (Wildman–Crippen LogP) is 4.53. The number of rotatable bonds is 5. The van der Waals surface area contributed by atoms with Gasteiger partial charge in [-0.2, -0.15) is 0 Å². The lowest BCUT2D eigenvalue weighted by Crippen LogP contribution is -1.92. The van der Waals surface area contributed by atoms with Crippen LogP contribution in [0.25, 0.3) is 0 Å². The number of benzene rings is 2. The highest BCUT2D eigenvalue weighted by atomic mass is 16.5. The summed E-state index contributed by atoms with van der Waals surface area (Å²) in [7, 11) is 0. The van der Waals surface area contributed by atoms with Crippen molar-refractivity contribution in [3.63, 3.8) is 0 Å². The van der Waals surface area contributed by atoms with E-state index < -0.39 is 0 Å². The van der Waals surface area contributed by atoms with E-state index in [1.807, 2.05) is 24.3 Å². The molecule has 0 atom stereocenters. The van der Waals surface area contributed by atoms with Crippen molar-refractivity contribution in [1.29, 1.82) is 0 Å². The van der Waals surface area contributed by atoms with E-state index in [0.29, 0.717) is 5.75 Å². The highest BCUT2D eigenvalue weighted by Crippen LogP contribution is 2.32.